The van der Waals surface area contributed by atoms with Crippen LogP contribution in [0.1, 0.15) is 27.7 Å². The van der Waals surface area contributed by atoms with E-state index in [0.717, 1.165) is 0 Å². The molecule has 2 N–H and O–H groups in total. The van der Waals surface area contributed by atoms with E-state index in [4.69, 9.17) is 32.7 Å². The van der Waals surface area contributed by atoms with E-state index >= 15 is 0 Å². The standard InChI is InChI=1S/C14H18Cl2N2O4/c1-8(21-11-6-5-9(15)7-10(11)16)12(19)17-18-13(20)22-14(2,3)4/h5-8H,1-4H3,(H,17,19)(H,18,20). The normalized spacial score (nSPS) is 12.3. The molecular weight excluding hydrogens is 331 g/mol. The molecule has 1 rings (SSSR count). The molecule has 8 heteroatoms. The Hall–Kier alpha value is -1.66. The third kappa shape index (κ3) is 6.41. The van der Waals surface area contributed by atoms with Gasteiger partial charge in [0.25, 0.3) is 5.91 Å². The maximum atomic E-state index is 11.8. The average molecular weight is 349 g/mol. The molecule has 0 aliphatic rings. The number of nitrogens with one attached hydrogen (secondary N) is 2. The summed E-state index contributed by atoms with van der Waals surface area (Å²) in [7, 11) is 0. The van der Waals surface area contributed by atoms with Gasteiger partial charge in [-0.1, -0.05) is 23.2 Å². The lowest BCUT2D eigenvalue weighted by molar-refractivity contribution is -0.128. The molecule has 6 nitrogen and oxygen atoms in total. The summed E-state index contributed by atoms with van der Waals surface area (Å²) < 4.78 is 10.4. The predicted octanol–water partition coefficient (Wildman–Crippen LogP) is 3.32. The Morgan fingerprint density at radius 1 is 1.18 bits per heavy atom. The van der Waals surface area contributed by atoms with Gasteiger partial charge in [0.2, 0.25) is 0 Å². The van der Waals surface area contributed by atoms with Crippen LogP contribution < -0.4 is 15.6 Å². The predicted molar refractivity (Wildman–Crippen MR) is 84.1 cm³/mol. The summed E-state index contributed by atoms with van der Waals surface area (Å²) in [6, 6.07) is 4.64. The second-order valence-electron chi connectivity index (χ2n) is 5.45. The molecule has 0 heterocycles. The maximum Gasteiger partial charge on any atom is 0.426 e. The largest absolute Gasteiger partial charge is 0.479 e. The van der Waals surface area contributed by atoms with Crippen molar-refractivity contribution in [3.63, 3.8) is 0 Å². The quantitative estimate of drug-likeness (QED) is 0.821. The Labute approximate surface area is 139 Å². The molecule has 0 spiro atoms. The number of ether oxygens (including phenoxy) is 2. The Bertz CT molecular complexity index is 558. The second-order valence-corrected chi connectivity index (χ2v) is 6.29. The first-order valence-corrected chi connectivity index (χ1v) is 7.24. The Kier molecular flexibility index (Phi) is 6.32. The number of hydrogen-bond donors (Lipinski definition) is 2. The van der Waals surface area contributed by atoms with E-state index in [0.29, 0.717) is 10.8 Å². The number of hydrogen-bond acceptors (Lipinski definition) is 4. The van der Waals surface area contributed by atoms with Crippen molar-refractivity contribution in [1.29, 1.82) is 0 Å². The number of rotatable bonds is 3. The van der Waals surface area contributed by atoms with Gasteiger partial charge in [0.1, 0.15) is 11.4 Å². The Morgan fingerprint density at radius 3 is 2.36 bits per heavy atom. The average Bonchev–Trinajstić information content (AvgIpc) is 2.37. The molecule has 0 aromatic heterocycles. The van der Waals surface area contributed by atoms with E-state index in [1.807, 2.05) is 0 Å². The number of amides is 2. The maximum absolute atomic E-state index is 11.8. The molecule has 0 aliphatic carbocycles. The lowest BCUT2D eigenvalue weighted by Gasteiger charge is -2.20. The molecule has 22 heavy (non-hydrogen) atoms. The van der Waals surface area contributed by atoms with Crippen LogP contribution in [0.2, 0.25) is 10.0 Å². The van der Waals surface area contributed by atoms with Crippen molar-refractivity contribution in [3.8, 4) is 5.75 Å². The van der Waals surface area contributed by atoms with Gasteiger partial charge in [-0.05, 0) is 45.9 Å². The SMILES string of the molecule is CC(Oc1ccc(Cl)cc1Cl)C(=O)NNC(=O)OC(C)(C)C. The van der Waals surface area contributed by atoms with Gasteiger partial charge in [0, 0.05) is 5.02 Å². The summed E-state index contributed by atoms with van der Waals surface area (Å²) in [5, 5.41) is 0.744. The molecule has 0 saturated carbocycles. The van der Waals surface area contributed by atoms with Crippen molar-refractivity contribution in [2.75, 3.05) is 0 Å². The monoisotopic (exact) mass is 348 g/mol. The van der Waals surface area contributed by atoms with E-state index in [2.05, 4.69) is 10.9 Å². The number of benzene rings is 1. The van der Waals surface area contributed by atoms with Crippen molar-refractivity contribution in [2.45, 2.75) is 39.4 Å². The first-order chi connectivity index (χ1) is 10.1. The highest BCUT2D eigenvalue weighted by Crippen LogP contribution is 2.28. The van der Waals surface area contributed by atoms with Crippen molar-refractivity contribution >= 4 is 35.2 Å². The molecule has 122 valence electrons. The summed E-state index contributed by atoms with van der Waals surface area (Å²) in [6.45, 7) is 6.64. The number of carbonyl (C=O) groups is 2. The molecule has 0 fully saturated rings. The van der Waals surface area contributed by atoms with Crippen molar-refractivity contribution in [2.24, 2.45) is 0 Å². The van der Waals surface area contributed by atoms with Gasteiger partial charge < -0.3 is 9.47 Å². The molecule has 0 saturated heterocycles. The van der Waals surface area contributed by atoms with Crippen LogP contribution in [-0.2, 0) is 9.53 Å². The Balaban J connectivity index is 2.50. The lowest BCUT2D eigenvalue weighted by Crippen LogP contribution is -2.48. The topological polar surface area (TPSA) is 76.7 Å². The summed E-state index contributed by atoms with van der Waals surface area (Å²) in [6.07, 6.45) is -1.65. The molecule has 0 radical (unpaired) electrons. The summed E-state index contributed by atoms with van der Waals surface area (Å²) in [4.78, 5) is 23.2. The minimum absolute atomic E-state index is 0.284. The Morgan fingerprint density at radius 2 is 1.82 bits per heavy atom. The van der Waals surface area contributed by atoms with Gasteiger partial charge in [-0.2, -0.15) is 0 Å². The third-order valence-corrected chi connectivity index (χ3v) is 2.78. The lowest BCUT2D eigenvalue weighted by atomic mass is 10.2. The van der Waals surface area contributed by atoms with Crippen LogP contribution in [0.4, 0.5) is 4.79 Å². The summed E-state index contributed by atoms with van der Waals surface area (Å²) >= 11 is 11.7. The van der Waals surface area contributed by atoms with Crippen LogP contribution >= 0.6 is 23.2 Å². The molecule has 1 atom stereocenters. The fraction of sp³-hybridized carbons (Fsp3) is 0.429. The molecule has 1 aromatic carbocycles. The van der Waals surface area contributed by atoms with Crippen LogP contribution in [0.3, 0.4) is 0 Å². The fourth-order valence-electron chi connectivity index (χ4n) is 1.33. The zero-order valence-corrected chi connectivity index (χ0v) is 14.2. The van der Waals surface area contributed by atoms with E-state index in [1.54, 1.807) is 32.9 Å². The van der Waals surface area contributed by atoms with Gasteiger partial charge >= 0.3 is 6.09 Å². The number of carbonyl (C=O) groups excluding carboxylic acids is 2. The third-order valence-electron chi connectivity index (χ3n) is 2.25. The summed E-state index contributed by atoms with van der Waals surface area (Å²) in [5.74, 6) is -0.247. The van der Waals surface area contributed by atoms with E-state index in [9.17, 15) is 9.59 Å². The minimum atomic E-state index is -0.881. The van der Waals surface area contributed by atoms with E-state index in [-0.39, 0.29) is 5.02 Å². The molecule has 1 aromatic rings. The van der Waals surface area contributed by atoms with Crippen LogP contribution in [0.15, 0.2) is 18.2 Å². The van der Waals surface area contributed by atoms with E-state index < -0.39 is 23.7 Å². The first kappa shape index (κ1) is 18.4. The van der Waals surface area contributed by atoms with Crippen molar-refractivity contribution in [1.82, 2.24) is 10.9 Å². The smallest absolute Gasteiger partial charge is 0.426 e. The van der Waals surface area contributed by atoms with Crippen LogP contribution in [-0.4, -0.2) is 23.7 Å². The molecule has 2 amide bonds. The van der Waals surface area contributed by atoms with Gasteiger partial charge in [0.15, 0.2) is 6.10 Å². The van der Waals surface area contributed by atoms with Crippen molar-refractivity contribution < 1.29 is 19.1 Å². The van der Waals surface area contributed by atoms with Gasteiger partial charge in [-0.3, -0.25) is 10.2 Å². The van der Waals surface area contributed by atoms with Crippen LogP contribution in [0, 0.1) is 0 Å². The summed E-state index contributed by atoms with van der Waals surface area (Å²) in [5.41, 5.74) is 3.67. The fourth-order valence-corrected chi connectivity index (χ4v) is 1.79. The van der Waals surface area contributed by atoms with Crippen LogP contribution in [0.25, 0.3) is 0 Å². The number of hydrazine groups is 1. The molecule has 0 bridgehead atoms. The highest BCUT2D eigenvalue weighted by Gasteiger charge is 2.19. The number of halogens is 2. The second kappa shape index (κ2) is 7.56. The molecule has 1 unspecified atom stereocenters. The molecule has 0 aliphatic heterocycles. The van der Waals surface area contributed by atoms with Crippen molar-refractivity contribution in [3.05, 3.63) is 28.2 Å². The van der Waals surface area contributed by atoms with E-state index in [1.165, 1.54) is 13.0 Å². The zero-order chi connectivity index (χ0) is 16.9. The highest BCUT2D eigenvalue weighted by atomic mass is 35.5. The molecular formula is C14H18Cl2N2O4. The van der Waals surface area contributed by atoms with Crippen LogP contribution in [0.5, 0.6) is 5.75 Å². The van der Waals surface area contributed by atoms with Gasteiger partial charge in [-0.25, -0.2) is 10.2 Å². The highest BCUT2D eigenvalue weighted by molar-refractivity contribution is 6.35. The van der Waals surface area contributed by atoms with Gasteiger partial charge in [0.05, 0.1) is 5.02 Å². The minimum Gasteiger partial charge on any atom is -0.479 e. The zero-order valence-electron chi connectivity index (χ0n) is 12.7. The first-order valence-electron chi connectivity index (χ1n) is 6.49. The van der Waals surface area contributed by atoms with Gasteiger partial charge in [-0.15, -0.1) is 0 Å².